The van der Waals surface area contributed by atoms with Crippen molar-refractivity contribution in [2.24, 2.45) is 5.92 Å². The Hall–Kier alpha value is -2.93. The summed E-state index contributed by atoms with van der Waals surface area (Å²) in [7, 11) is -3.24. The first-order chi connectivity index (χ1) is 19.7. The molecule has 2 aliphatic heterocycles. The Bertz CT molecular complexity index is 1580. The summed E-state index contributed by atoms with van der Waals surface area (Å²) in [6.07, 6.45) is 2.21. The number of carbonyl (C=O) groups is 1. The highest BCUT2D eigenvalue weighted by molar-refractivity contribution is 7.89. The van der Waals surface area contributed by atoms with E-state index in [1.807, 2.05) is 18.2 Å². The number of hydrogen-bond donors (Lipinski definition) is 1. The van der Waals surface area contributed by atoms with Crippen molar-refractivity contribution in [3.63, 3.8) is 0 Å². The van der Waals surface area contributed by atoms with Gasteiger partial charge in [-0.05, 0) is 84.7 Å². The Kier molecular flexibility index (Phi) is 9.03. The van der Waals surface area contributed by atoms with Crippen LogP contribution in [0.4, 0.5) is 5.69 Å². The van der Waals surface area contributed by atoms with E-state index in [4.69, 9.17) is 23.2 Å². The van der Waals surface area contributed by atoms with Crippen LogP contribution in [0.15, 0.2) is 60.7 Å². The number of sulfonamides is 1. The number of nitrogens with one attached hydrogen (secondary N) is 1. The fourth-order valence-corrected chi connectivity index (χ4v) is 7.71. The molecule has 1 fully saturated rings. The van der Waals surface area contributed by atoms with Crippen LogP contribution >= 0.6 is 23.2 Å². The minimum absolute atomic E-state index is 0.0292. The van der Waals surface area contributed by atoms with Crippen molar-refractivity contribution < 1.29 is 13.2 Å². The van der Waals surface area contributed by atoms with Crippen LogP contribution in [0.5, 0.6) is 0 Å². The van der Waals surface area contributed by atoms with Crippen LogP contribution in [0.2, 0.25) is 10.0 Å². The number of rotatable bonds is 7. The van der Waals surface area contributed by atoms with Crippen LogP contribution in [-0.2, 0) is 21.2 Å². The minimum Gasteiger partial charge on any atom is -0.325 e. The molecule has 10 heteroatoms. The Morgan fingerprint density at radius 1 is 1.00 bits per heavy atom. The van der Waals surface area contributed by atoms with Crippen molar-refractivity contribution in [2.45, 2.75) is 32.2 Å². The van der Waals surface area contributed by atoms with Crippen LogP contribution in [0.3, 0.4) is 0 Å². The van der Waals surface area contributed by atoms with Gasteiger partial charge in [0.1, 0.15) is 0 Å². The van der Waals surface area contributed by atoms with Crippen molar-refractivity contribution in [3.8, 4) is 17.2 Å². The molecule has 7 nitrogen and oxygen atoms in total. The standard InChI is InChI=1S/C31H32Cl2N4O3S/c1-2-41(39,40)37-12-9-22(10-13-37)31-29-7-6-24(23-5-3-4-21(14-23)19-34)15-25(29)8-11-36(31)20-30(38)35-28-17-26(32)16-27(33)18-28/h3-7,14-18,22,31H,2,8-13,20H2,1H3,(H,35,38). The van der Waals surface area contributed by atoms with Crippen LogP contribution < -0.4 is 5.32 Å². The van der Waals surface area contributed by atoms with Gasteiger partial charge < -0.3 is 5.32 Å². The van der Waals surface area contributed by atoms with Gasteiger partial charge in [0, 0.05) is 41.4 Å². The normalized spacial score (nSPS) is 18.4. The van der Waals surface area contributed by atoms with E-state index >= 15 is 0 Å². The molecule has 1 saturated heterocycles. The first kappa shape index (κ1) is 29.6. The Morgan fingerprint density at radius 3 is 2.39 bits per heavy atom. The van der Waals surface area contributed by atoms with Gasteiger partial charge in [-0.25, -0.2) is 12.7 Å². The predicted octanol–water partition coefficient (Wildman–Crippen LogP) is 6.13. The third-order valence-electron chi connectivity index (χ3n) is 8.04. The first-order valence-electron chi connectivity index (χ1n) is 13.8. The third-order valence-corrected chi connectivity index (χ3v) is 10.4. The van der Waals surface area contributed by atoms with Crippen LogP contribution in [-0.4, -0.2) is 55.5 Å². The smallest absolute Gasteiger partial charge is 0.238 e. The van der Waals surface area contributed by atoms with Crippen LogP contribution in [0, 0.1) is 17.2 Å². The molecule has 0 radical (unpaired) electrons. The van der Waals surface area contributed by atoms with Gasteiger partial charge in [0.15, 0.2) is 0 Å². The number of hydrogen-bond acceptors (Lipinski definition) is 5. The van der Waals surface area contributed by atoms with E-state index < -0.39 is 10.0 Å². The first-order valence-corrected chi connectivity index (χ1v) is 16.1. The zero-order chi connectivity index (χ0) is 29.1. The van der Waals surface area contributed by atoms with Crippen molar-refractivity contribution in [2.75, 3.05) is 37.2 Å². The quantitative estimate of drug-likeness (QED) is 0.347. The molecule has 3 aromatic carbocycles. The number of benzene rings is 3. The van der Waals surface area contributed by atoms with Gasteiger partial charge in [-0.15, -0.1) is 0 Å². The lowest BCUT2D eigenvalue weighted by Gasteiger charge is -2.44. The molecule has 0 spiro atoms. The molecule has 1 unspecified atom stereocenters. The summed E-state index contributed by atoms with van der Waals surface area (Å²) < 4.78 is 26.6. The van der Waals surface area contributed by atoms with E-state index in [1.165, 1.54) is 11.1 Å². The van der Waals surface area contributed by atoms with E-state index in [9.17, 15) is 18.5 Å². The number of fused-ring (bicyclic) bond motifs is 1. The van der Waals surface area contributed by atoms with Crippen molar-refractivity contribution >= 4 is 44.8 Å². The van der Waals surface area contributed by atoms with Gasteiger partial charge in [-0.1, -0.05) is 53.5 Å². The molecule has 1 amide bonds. The molecule has 0 saturated carbocycles. The van der Waals surface area contributed by atoms with Crippen molar-refractivity contribution in [1.29, 1.82) is 5.26 Å². The Balaban J connectivity index is 1.42. The minimum atomic E-state index is -3.24. The van der Waals surface area contributed by atoms with Gasteiger partial charge in [0.25, 0.3) is 0 Å². The maximum Gasteiger partial charge on any atom is 0.238 e. The molecule has 41 heavy (non-hydrogen) atoms. The van der Waals surface area contributed by atoms with E-state index in [1.54, 1.807) is 35.5 Å². The number of amides is 1. The average Bonchev–Trinajstić information content (AvgIpc) is 2.96. The lowest BCUT2D eigenvalue weighted by atomic mass is 9.79. The molecule has 1 atom stereocenters. The number of anilines is 1. The van der Waals surface area contributed by atoms with E-state index in [-0.39, 0.29) is 30.2 Å². The summed E-state index contributed by atoms with van der Waals surface area (Å²) in [6, 6.07) is 21.1. The van der Waals surface area contributed by atoms with Gasteiger partial charge in [-0.3, -0.25) is 9.69 Å². The molecule has 0 aliphatic carbocycles. The highest BCUT2D eigenvalue weighted by Gasteiger charge is 2.38. The average molecular weight is 612 g/mol. The second kappa shape index (κ2) is 12.5. The molecule has 2 aliphatic rings. The van der Waals surface area contributed by atoms with Crippen molar-refractivity contribution in [1.82, 2.24) is 9.21 Å². The number of halogens is 2. The SMILES string of the molecule is CCS(=O)(=O)N1CCC(C2c3ccc(-c4cccc(C#N)c4)cc3CCN2CC(=O)Nc2cc(Cl)cc(Cl)c2)CC1. The lowest BCUT2D eigenvalue weighted by Crippen LogP contribution is -2.47. The molecule has 1 N–H and O–H groups in total. The Labute approximate surface area is 251 Å². The predicted molar refractivity (Wildman–Crippen MR) is 163 cm³/mol. The van der Waals surface area contributed by atoms with E-state index in [0.717, 1.165) is 30.4 Å². The highest BCUT2D eigenvalue weighted by Crippen LogP contribution is 2.41. The molecule has 2 heterocycles. The van der Waals surface area contributed by atoms with E-state index in [2.05, 4.69) is 34.5 Å². The summed E-state index contributed by atoms with van der Waals surface area (Å²) >= 11 is 12.3. The monoisotopic (exact) mass is 610 g/mol. The lowest BCUT2D eigenvalue weighted by molar-refractivity contribution is -0.118. The van der Waals surface area contributed by atoms with Gasteiger partial charge in [-0.2, -0.15) is 5.26 Å². The molecule has 0 aromatic heterocycles. The van der Waals surface area contributed by atoms with Crippen LogP contribution in [0.1, 0.15) is 42.5 Å². The van der Waals surface area contributed by atoms with Gasteiger partial charge in [0.2, 0.25) is 15.9 Å². The summed E-state index contributed by atoms with van der Waals surface area (Å²) in [6.45, 7) is 3.51. The molecular weight excluding hydrogens is 579 g/mol. The fraction of sp³-hybridized carbons (Fsp3) is 0.355. The fourth-order valence-electron chi connectivity index (χ4n) is 6.05. The van der Waals surface area contributed by atoms with E-state index in [0.29, 0.717) is 40.9 Å². The topological polar surface area (TPSA) is 93.5 Å². The highest BCUT2D eigenvalue weighted by atomic mass is 35.5. The molecule has 214 valence electrons. The summed E-state index contributed by atoms with van der Waals surface area (Å²) in [4.78, 5) is 15.4. The van der Waals surface area contributed by atoms with Crippen LogP contribution in [0.25, 0.3) is 11.1 Å². The number of nitriles is 1. The maximum absolute atomic E-state index is 13.2. The number of nitrogens with zero attached hydrogens (tertiary/aromatic N) is 3. The summed E-state index contributed by atoms with van der Waals surface area (Å²) in [5.74, 6) is 0.130. The summed E-state index contributed by atoms with van der Waals surface area (Å²) in [5, 5.41) is 13.2. The zero-order valence-corrected chi connectivity index (χ0v) is 25.1. The molecular formula is C31H32Cl2N4O3S. The number of carbonyl (C=O) groups excluding carboxylic acids is 1. The molecule has 0 bridgehead atoms. The second-order valence-corrected chi connectivity index (χ2v) is 13.7. The largest absolute Gasteiger partial charge is 0.325 e. The second-order valence-electron chi connectivity index (χ2n) is 10.6. The summed E-state index contributed by atoms with van der Waals surface area (Å²) in [5.41, 5.74) is 5.59. The number of piperidine rings is 1. The third kappa shape index (κ3) is 6.77. The van der Waals surface area contributed by atoms with Gasteiger partial charge in [0.05, 0.1) is 23.9 Å². The molecule has 3 aromatic rings. The Morgan fingerprint density at radius 2 is 1.71 bits per heavy atom. The molecule has 5 rings (SSSR count). The van der Waals surface area contributed by atoms with Gasteiger partial charge >= 0.3 is 0 Å². The maximum atomic E-state index is 13.2. The van der Waals surface area contributed by atoms with Crippen molar-refractivity contribution in [3.05, 3.63) is 87.4 Å². The zero-order valence-electron chi connectivity index (χ0n) is 22.8.